The van der Waals surface area contributed by atoms with E-state index in [-0.39, 0.29) is 0 Å². The Hall–Kier alpha value is -0.790. The second kappa shape index (κ2) is 10.1. The summed E-state index contributed by atoms with van der Waals surface area (Å²) in [5, 5.41) is 0. The Labute approximate surface area is 119 Å². The lowest BCUT2D eigenvalue weighted by molar-refractivity contribution is -0.703. The Balaban J connectivity index is 2.42. The van der Waals surface area contributed by atoms with E-state index in [4.69, 9.17) is 0 Å². The molecule has 0 aliphatic rings. The predicted octanol–water partition coefficient (Wildman–Crippen LogP) is 4.50. The van der Waals surface area contributed by atoms with E-state index in [0.29, 0.717) is 0 Å². The Bertz CT molecular complexity index is 305. The molecular weight excluding hydrogens is 232 g/mol. The van der Waals surface area contributed by atoms with Crippen molar-refractivity contribution in [2.75, 3.05) is 0 Å². The van der Waals surface area contributed by atoms with Crippen molar-refractivity contribution in [2.24, 2.45) is 0 Å². The molecule has 0 N–H and O–H groups in total. The minimum Gasteiger partial charge on any atom is -0.234 e. The topological polar surface area (TPSA) is 8.81 Å². The molecule has 1 heterocycles. The van der Waals surface area contributed by atoms with Crippen LogP contribution in [0, 0.1) is 0 Å². The van der Waals surface area contributed by atoms with Crippen LogP contribution in [0.3, 0.4) is 0 Å². The van der Waals surface area contributed by atoms with Gasteiger partial charge in [-0.15, -0.1) is 0 Å². The highest BCUT2D eigenvalue weighted by Crippen LogP contribution is 2.09. The lowest BCUT2D eigenvalue weighted by atomic mass is 10.1. The summed E-state index contributed by atoms with van der Waals surface area (Å²) in [4.78, 5) is 0. The van der Waals surface area contributed by atoms with Gasteiger partial charge in [0, 0.05) is 6.42 Å². The van der Waals surface area contributed by atoms with Crippen LogP contribution in [0.15, 0.2) is 12.4 Å². The third kappa shape index (κ3) is 5.80. The first kappa shape index (κ1) is 16.3. The fraction of sp³-hybridized carbons (Fsp3) is 0.824. The van der Waals surface area contributed by atoms with Crippen LogP contribution in [-0.4, -0.2) is 4.57 Å². The standard InChI is InChI=1S/C17H33N2/c1-4-7-8-9-10-11-12-17-18(13-5-2)15-16-19(17)14-6-3/h15-16H,4-14H2,1-3H3/q+1. The van der Waals surface area contributed by atoms with Crippen LogP contribution >= 0.6 is 0 Å². The van der Waals surface area contributed by atoms with Crippen molar-refractivity contribution < 1.29 is 4.57 Å². The molecule has 0 aliphatic heterocycles. The molecule has 0 amide bonds. The number of aryl methyl sites for hydroxylation is 2. The molecule has 0 fully saturated rings. The second-order valence-electron chi connectivity index (χ2n) is 5.62. The monoisotopic (exact) mass is 265 g/mol. The normalized spacial score (nSPS) is 11.1. The van der Waals surface area contributed by atoms with Crippen molar-refractivity contribution in [3.05, 3.63) is 18.2 Å². The first-order valence-corrected chi connectivity index (χ1v) is 8.40. The van der Waals surface area contributed by atoms with Crippen molar-refractivity contribution in [1.29, 1.82) is 0 Å². The van der Waals surface area contributed by atoms with Crippen molar-refractivity contribution >= 4 is 0 Å². The summed E-state index contributed by atoms with van der Waals surface area (Å²) < 4.78 is 4.92. The molecule has 0 unspecified atom stereocenters. The summed E-state index contributed by atoms with van der Waals surface area (Å²) in [5.41, 5.74) is 0. The molecular formula is C17H33N2+. The maximum absolute atomic E-state index is 2.46. The Kier molecular flexibility index (Phi) is 8.61. The van der Waals surface area contributed by atoms with Gasteiger partial charge in [-0.05, 0) is 19.3 Å². The molecule has 0 atom stereocenters. The molecule has 0 aliphatic carbocycles. The zero-order chi connectivity index (χ0) is 13.9. The number of nitrogens with zero attached hydrogens (tertiary/aromatic N) is 2. The van der Waals surface area contributed by atoms with E-state index < -0.39 is 0 Å². The summed E-state index contributed by atoms with van der Waals surface area (Å²) in [5.74, 6) is 1.54. The number of unbranched alkanes of at least 4 members (excludes halogenated alkanes) is 5. The largest absolute Gasteiger partial charge is 0.256 e. The average Bonchev–Trinajstić information content (AvgIpc) is 2.78. The van der Waals surface area contributed by atoms with Crippen LogP contribution in [0.4, 0.5) is 0 Å². The Morgan fingerprint density at radius 3 is 2.32 bits per heavy atom. The van der Waals surface area contributed by atoms with Crippen LogP contribution in [-0.2, 0) is 19.5 Å². The molecule has 0 aromatic carbocycles. The summed E-state index contributed by atoms with van der Waals surface area (Å²) in [7, 11) is 0. The van der Waals surface area contributed by atoms with Gasteiger partial charge in [0.15, 0.2) is 0 Å². The van der Waals surface area contributed by atoms with Gasteiger partial charge in [0.1, 0.15) is 12.4 Å². The van der Waals surface area contributed by atoms with Crippen molar-refractivity contribution in [1.82, 2.24) is 4.57 Å². The molecule has 0 bridgehead atoms. The quantitative estimate of drug-likeness (QED) is 0.411. The van der Waals surface area contributed by atoms with E-state index >= 15 is 0 Å². The van der Waals surface area contributed by atoms with Crippen LogP contribution in [0.2, 0.25) is 0 Å². The molecule has 0 saturated heterocycles. The van der Waals surface area contributed by atoms with Crippen molar-refractivity contribution in [2.45, 2.75) is 91.6 Å². The summed E-state index contributed by atoms with van der Waals surface area (Å²) in [6.07, 6.45) is 16.6. The Morgan fingerprint density at radius 2 is 1.63 bits per heavy atom. The van der Waals surface area contributed by atoms with Gasteiger partial charge in [-0.3, -0.25) is 0 Å². The van der Waals surface area contributed by atoms with Gasteiger partial charge in [-0.2, -0.15) is 0 Å². The number of hydrogen-bond acceptors (Lipinski definition) is 0. The van der Waals surface area contributed by atoms with Crippen LogP contribution < -0.4 is 4.57 Å². The smallest absolute Gasteiger partial charge is 0.234 e. The lowest BCUT2D eigenvalue weighted by Gasteiger charge is -2.04. The fourth-order valence-corrected chi connectivity index (χ4v) is 2.74. The van der Waals surface area contributed by atoms with E-state index in [2.05, 4.69) is 42.3 Å². The molecule has 1 rings (SSSR count). The molecule has 2 heteroatoms. The molecule has 0 spiro atoms. The maximum Gasteiger partial charge on any atom is 0.256 e. The zero-order valence-electron chi connectivity index (χ0n) is 13.3. The molecule has 2 nitrogen and oxygen atoms in total. The van der Waals surface area contributed by atoms with Crippen molar-refractivity contribution in [3.63, 3.8) is 0 Å². The minimum atomic E-state index is 1.17. The van der Waals surface area contributed by atoms with Gasteiger partial charge in [0.2, 0.25) is 0 Å². The van der Waals surface area contributed by atoms with Gasteiger partial charge in [0.05, 0.1) is 13.1 Å². The molecule has 1 aromatic rings. The van der Waals surface area contributed by atoms with Gasteiger partial charge in [-0.1, -0.05) is 52.9 Å². The molecule has 0 saturated carbocycles. The van der Waals surface area contributed by atoms with Gasteiger partial charge < -0.3 is 0 Å². The summed E-state index contributed by atoms with van der Waals surface area (Å²) >= 11 is 0. The first-order valence-electron chi connectivity index (χ1n) is 8.40. The SMILES string of the molecule is CCCCCCCCc1n(CCC)cc[n+]1CCC. The van der Waals surface area contributed by atoms with E-state index in [9.17, 15) is 0 Å². The van der Waals surface area contributed by atoms with E-state index in [0.717, 1.165) is 0 Å². The van der Waals surface area contributed by atoms with Gasteiger partial charge in [0.25, 0.3) is 5.82 Å². The summed E-state index contributed by atoms with van der Waals surface area (Å²) in [6.45, 7) is 9.15. The second-order valence-corrected chi connectivity index (χ2v) is 5.62. The van der Waals surface area contributed by atoms with Crippen LogP contribution in [0.5, 0.6) is 0 Å². The number of rotatable bonds is 11. The number of imidazole rings is 1. The molecule has 110 valence electrons. The predicted molar refractivity (Wildman–Crippen MR) is 82.3 cm³/mol. The van der Waals surface area contributed by atoms with E-state index in [1.807, 2.05) is 0 Å². The van der Waals surface area contributed by atoms with Crippen LogP contribution in [0.1, 0.15) is 78.0 Å². The lowest BCUT2D eigenvalue weighted by Crippen LogP contribution is -2.37. The minimum absolute atomic E-state index is 1.17. The molecule has 1 aromatic heterocycles. The highest BCUT2D eigenvalue weighted by molar-refractivity contribution is 4.84. The maximum atomic E-state index is 2.46. The van der Waals surface area contributed by atoms with Crippen LogP contribution in [0.25, 0.3) is 0 Å². The third-order valence-corrected chi connectivity index (χ3v) is 3.77. The van der Waals surface area contributed by atoms with Gasteiger partial charge >= 0.3 is 0 Å². The van der Waals surface area contributed by atoms with Gasteiger partial charge in [-0.25, -0.2) is 9.13 Å². The highest BCUT2D eigenvalue weighted by atomic mass is 15.1. The van der Waals surface area contributed by atoms with E-state index in [1.165, 1.54) is 70.9 Å². The Morgan fingerprint density at radius 1 is 0.895 bits per heavy atom. The molecule has 0 radical (unpaired) electrons. The molecule has 19 heavy (non-hydrogen) atoms. The van der Waals surface area contributed by atoms with Crippen molar-refractivity contribution in [3.8, 4) is 0 Å². The zero-order valence-corrected chi connectivity index (χ0v) is 13.3. The average molecular weight is 265 g/mol. The van der Waals surface area contributed by atoms with E-state index in [1.54, 1.807) is 5.82 Å². The number of hydrogen-bond donors (Lipinski definition) is 0. The first-order chi connectivity index (χ1) is 9.33. The highest BCUT2D eigenvalue weighted by Gasteiger charge is 2.15. The third-order valence-electron chi connectivity index (χ3n) is 3.77. The fourth-order valence-electron chi connectivity index (χ4n) is 2.74. The summed E-state index contributed by atoms with van der Waals surface area (Å²) in [6, 6.07) is 0. The number of aromatic nitrogens is 2.